The Balaban J connectivity index is 1.66. The number of amides is 1. The maximum atomic E-state index is 12.4. The molecule has 2 heterocycles. The van der Waals surface area contributed by atoms with Crippen LogP contribution in [-0.2, 0) is 9.53 Å². The normalized spacial score (nSPS) is 10.4. The number of nitrogens with one attached hydrogen (secondary N) is 1. The van der Waals surface area contributed by atoms with E-state index in [9.17, 15) is 9.59 Å². The summed E-state index contributed by atoms with van der Waals surface area (Å²) in [7, 11) is 1.90. The van der Waals surface area contributed by atoms with E-state index in [1.807, 2.05) is 24.9 Å². The first-order chi connectivity index (χ1) is 15.0. The number of nitrogens with zero attached hydrogens (tertiary/aromatic N) is 5. The van der Waals surface area contributed by atoms with Gasteiger partial charge in [-0.05, 0) is 26.0 Å². The number of carbonyl (C=O) groups is 1. The minimum absolute atomic E-state index is 0.0132. The molecule has 0 saturated carbocycles. The molecule has 10 heteroatoms. The van der Waals surface area contributed by atoms with E-state index in [2.05, 4.69) is 15.2 Å². The van der Waals surface area contributed by atoms with Gasteiger partial charge in [-0.15, -0.1) is 0 Å². The van der Waals surface area contributed by atoms with Crippen LogP contribution in [0, 0.1) is 18.3 Å². The molecular weight excluding hydrogens is 400 g/mol. The van der Waals surface area contributed by atoms with E-state index in [0.717, 1.165) is 5.82 Å². The minimum atomic E-state index is -0.288. The summed E-state index contributed by atoms with van der Waals surface area (Å²) in [5.74, 6) is 1.18. The number of aromatic amines is 1. The van der Waals surface area contributed by atoms with Crippen molar-refractivity contribution >= 4 is 11.7 Å². The van der Waals surface area contributed by atoms with Gasteiger partial charge in [-0.1, -0.05) is 0 Å². The van der Waals surface area contributed by atoms with Gasteiger partial charge < -0.3 is 19.3 Å². The maximum Gasteiger partial charge on any atom is 0.270 e. The SMILES string of the molecule is CCN(CCN(C)c1ccc(C#N)cn1)C(=O)CCOCCOc1cn[nH]c(=O)c1C. The van der Waals surface area contributed by atoms with Gasteiger partial charge in [0.2, 0.25) is 5.91 Å². The number of hydrogen-bond acceptors (Lipinski definition) is 8. The van der Waals surface area contributed by atoms with Crippen LogP contribution in [0.3, 0.4) is 0 Å². The number of likely N-dealkylation sites (N-methyl/N-ethyl adjacent to an activating group) is 2. The van der Waals surface area contributed by atoms with E-state index >= 15 is 0 Å². The molecule has 0 unspecified atom stereocenters. The molecule has 2 aromatic heterocycles. The Morgan fingerprint density at radius 3 is 2.71 bits per heavy atom. The van der Waals surface area contributed by atoms with Gasteiger partial charge in [0.05, 0.1) is 37.0 Å². The first-order valence-corrected chi connectivity index (χ1v) is 10.1. The number of hydrogen-bond donors (Lipinski definition) is 1. The molecule has 0 spiro atoms. The third-order valence-corrected chi connectivity index (χ3v) is 4.71. The summed E-state index contributed by atoms with van der Waals surface area (Å²) in [6.45, 7) is 6.23. The lowest BCUT2D eigenvalue weighted by atomic mass is 10.3. The topological polar surface area (TPSA) is 124 Å². The fourth-order valence-electron chi connectivity index (χ4n) is 2.74. The molecule has 1 amide bonds. The van der Waals surface area contributed by atoms with Gasteiger partial charge in [-0.3, -0.25) is 9.59 Å². The molecule has 0 fully saturated rings. The van der Waals surface area contributed by atoms with Crippen molar-refractivity contribution in [1.29, 1.82) is 5.26 Å². The van der Waals surface area contributed by atoms with E-state index in [4.69, 9.17) is 14.7 Å². The second kappa shape index (κ2) is 12.3. The van der Waals surface area contributed by atoms with Crippen molar-refractivity contribution in [2.24, 2.45) is 0 Å². The molecule has 0 radical (unpaired) electrons. The average molecular weight is 428 g/mol. The van der Waals surface area contributed by atoms with E-state index in [1.54, 1.807) is 24.0 Å². The molecule has 0 aliphatic rings. The summed E-state index contributed by atoms with van der Waals surface area (Å²) in [5, 5.41) is 14.9. The van der Waals surface area contributed by atoms with E-state index in [0.29, 0.717) is 43.1 Å². The minimum Gasteiger partial charge on any atom is -0.489 e. The highest BCUT2D eigenvalue weighted by molar-refractivity contribution is 5.76. The zero-order valence-corrected chi connectivity index (χ0v) is 18.1. The number of carbonyl (C=O) groups excluding carboxylic acids is 1. The molecule has 0 saturated heterocycles. The lowest BCUT2D eigenvalue weighted by Gasteiger charge is -2.25. The van der Waals surface area contributed by atoms with Crippen LogP contribution >= 0.6 is 0 Å². The van der Waals surface area contributed by atoms with Gasteiger partial charge in [-0.2, -0.15) is 10.4 Å². The molecule has 0 bridgehead atoms. The molecular formula is C21H28N6O4. The van der Waals surface area contributed by atoms with Crippen molar-refractivity contribution in [3.05, 3.63) is 46.0 Å². The molecule has 2 rings (SSSR count). The van der Waals surface area contributed by atoms with Gasteiger partial charge in [0.1, 0.15) is 24.2 Å². The molecule has 10 nitrogen and oxygen atoms in total. The van der Waals surface area contributed by atoms with Crippen molar-refractivity contribution < 1.29 is 14.3 Å². The maximum absolute atomic E-state index is 12.4. The van der Waals surface area contributed by atoms with Crippen molar-refractivity contribution in [2.45, 2.75) is 20.3 Å². The van der Waals surface area contributed by atoms with Crippen LogP contribution in [0.4, 0.5) is 5.82 Å². The zero-order chi connectivity index (χ0) is 22.6. The number of rotatable bonds is 12. The summed E-state index contributed by atoms with van der Waals surface area (Å²) < 4.78 is 11.0. The van der Waals surface area contributed by atoms with E-state index in [-0.39, 0.29) is 31.1 Å². The first-order valence-electron chi connectivity index (χ1n) is 10.1. The molecule has 0 aliphatic heterocycles. The van der Waals surface area contributed by atoms with Crippen molar-refractivity contribution in [2.75, 3.05) is 51.4 Å². The number of ether oxygens (including phenoxy) is 2. The Labute approximate surface area is 181 Å². The standard InChI is InChI=1S/C21H28N6O4/c1-4-27(9-8-26(3)19-6-5-17(13-22)14-23-19)20(28)7-10-30-11-12-31-18-15-24-25-21(29)16(18)2/h5-6,14-15H,4,7-12H2,1-3H3,(H,25,29). The van der Waals surface area contributed by atoms with Crippen LogP contribution in [0.1, 0.15) is 24.5 Å². The zero-order valence-electron chi connectivity index (χ0n) is 18.1. The summed E-state index contributed by atoms with van der Waals surface area (Å²) in [5.41, 5.74) is 0.686. The van der Waals surface area contributed by atoms with E-state index in [1.165, 1.54) is 12.4 Å². The van der Waals surface area contributed by atoms with Gasteiger partial charge in [0, 0.05) is 32.9 Å². The Kier molecular flexibility index (Phi) is 9.45. The molecule has 166 valence electrons. The number of H-pyrrole nitrogens is 1. The highest BCUT2D eigenvalue weighted by atomic mass is 16.5. The van der Waals surface area contributed by atoms with Crippen LogP contribution < -0.4 is 15.2 Å². The Bertz CT molecular complexity index is 938. The van der Waals surface area contributed by atoms with E-state index < -0.39 is 0 Å². The molecule has 0 aliphatic carbocycles. The third kappa shape index (κ3) is 7.38. The summed E-state index contributed by atoms with van der Waals surface area (Å²) >= 11 is 0. The molecule has 0 atom stereocenters. The van der Waals surface area contributed by atoms with Gasteiger partial charge in [0.25, 0.3) is 5.56 Å². The monoisotopic (exact) mass is 428 g/mol. The lowest BCUT2D eigenvalue weighted by Crippen LogP contribution is -2.38. The molecule has 1 N–H and O–H groups in total. The third-order valence-electron chi connectivity index (χ3n) is 4.71. The summed E-state index contributed by atoms with van der Waals surface area (Å²) in [6.07, 6.45) is 3.26. The number of pyridine rings is 1. The predicted molar refractivity (Wildman–Crippen MR) is 115 cm³/mol. The quantitative estimate of drug-likeness (QED) is 0.499. The molecule has 0 aromatic carbocycles. The molecule has 2 aromatic rings. The Hall–Kier alpha value is -3.45. The predicted octanol–water partition coefficient (Wildman–Crippen LogP) is 1.12. The number of anilines is 1. The number of aromatic nitrogens is 3. The second-order valence-electron chi connectivity index (χ2n) is 6.81. The van der Waals surface area contributed by atoms with Crippen molar-refractivity contribution in [1.82, 2.24) is 20.1 Å². The van der Waals surface area contributed by atoms with Gasteiger partial charge in [0.15, 0.2) is 0 Å². The van der Waals surface area contributed by atoms with Gasteiger partial charge in [-0.25, -0.2) is 10.1 Å². The highest BCUT2D eigenvalue weighted by Crippen LogP contribution is 2.10. The van der Waals surface area contributed by atoms with Gasteiger partial charge >= 0.3 is 0 Å². The summed E-state index contributed by atoms with van der Waals surface area (Å²) in [4.78, 5) is 31.9. The Morgan fingerprint density at radius 1 is 1.23 bits per heavy atom. The smallest absolute Gasteiger partial charge is 0.270 e. The fourth-order valence-corrected chi connectivity index (χ4v) is 2.74. The second-order valence-corrected chi connectivity index (χ2v) is 6.81. The number of nitriles is 1. The van der Waals surface area contributed by atoms with Crippen molar-refractivity contribution in [3.8, 4) is 11.8 Å². The highest BCUT2D eigenvalue weighted by Gasteiger charge is 2.13. The first kappa shape index (κ1) is 23.8. The van der Waals surface area contributed by atoms with Crippen LogP contribution in [0.5, 0.6) is 5.75 Å². The fraction of sp³-hybridized carbons (Fsp3) is 0.476. The largest absolute Gasteiger partial charge is 0.489 e. The van der Waals surface area contributed by atoms with Crippen LogP contribution in [0.25, 0.3) is 0 Å². The van der Waals surface area contributed by atoms with Crippen LogP contribution in [-0.4, -0.2) is 72.5 Å². The lowest BCUT2D eigenvalue weighted by molar-refractivity contribution is -0.132. The summed E-state index contributed by atoms with van der Waals surface area (Å²) in [6, 6.07) is 5.55. The molecule has 31 heavy (non-hydrogen) atoms. The van der Waals surface area contributed by atoms with Crippen LogP contribution in [0.2, 0.25) is 0 Å². The Morgan fingerprint density at radius 2 is 2.03 bits per heavy atom. The van der Waals surface area contributed by atoms with Crippen molar-refractivity contribution in [3.63, 3.8) is 0 Å². The average Bonchev–Trinajstić information content (AvgIpc) is 2.79. The van der Waals surface area contributed by atoms with Crippen LogP contribution in [0.15, 0.2) is 29.3 Å².